The number of allylic oxidation sites excluding steroid dienone is 1. The number of hydrogen-bond donors (Lipinski definition) is 0. The predicted molar refractivity (Wildman–Crippen MR) is 167 cm³/mol. The summed E-state index contributed by atoms with van der Waals surface area (Å²) in [7, 11) is 1.30. The van der Waals surface area contributed by atoms with Gasteiger partial charge in [-0.05, 0) is 55.6 Å². The van der Waals surface area contributed by atoms with Crippen molar-refractivity contribution in [2.24, 2.45) is 4.99 Å². The van der Waals surface area contributed by atoms with Crippen molar-refractivity contribution in [2.45, 2.75) is 19.9 Å². The number of fused-ring (bicyclic) bond motifs is 1. The predicted octanol–water partition coefficient (Wildman–Crippen LogP) is 4.63. The van der Waals surface area contributed by atoms with Gasteiger partial charge in [0.2, 0.25) is 0 Å². The summed E-state index contributed by atoms with van der Waals surface area (Å²) in [6, 6.07) is 17.1. The zero-order chi connectivity index (χ0) is 31.0. The third kappa shape index (κ3) is 5.16. The van der Waals surface area contributed by atoms with Crippen molar-refractivity contribution in [3.63, 3.8) is 0 Å². The van der Waals surface area contributed by atoms with E-state index in [0.29, 0.717) is 37.4 Å². The molecule has 0 aliphatic carbocycles. The second kappa shape index (κ2) is 11.9. The van der Waals surface area contributed by atoms with Crippen molar-refractivity contribution in [3.8, 4) is 22.7 Å². The highest BCUT2D eigenvalue weighted by atomic mass is 32.1. The van der Waals surface area contributed by atoms with Crippen LogP contribution in [0.15, 0.2) is 93.3 Å². The molecule has 0 spiro atoms. The first-order valence-corrected chi connectivity index (χ1v) is 15.2. The number of nitro benzene ring substituents is 1. The van der Waals surface area contributed by atoms with Crippen LogP contribution in [0.3, 0.4) is 0 Å². The molecular weight excluding hydrogens is 603 g/mol. The van der Waals surface area contributed by atoms with Crippen LogP contribution in [0.1, 0.15) is 30.3 Å². The van der Waals surface area contributed by atoms with E-state index in [2.05, 4.69) is 4.99 Å². The molecule has 1 atom stereocenters. The standard InChI is InChI=1S/C31H25N5O6S2/c1-4-42-23-13-12-19(15-22(23)36(39)40)27-20(17-34(33-27)21-9-6-5-7-10-21)16-25-29(37)35-28(24-11-8-14-43-24)26(30(38)41-3)18(2)32-31(35)44-25/h5-17,28H,4H2,1-3H3/b25-16+. The number of hydrogen-bond acceptors (Lipinski definition) is 10. The molecule has 0 saturated heterocycles. The van der Waals surface area contributed by atoms with Gasteiger partial charge in [0.15, 0.2) is 10.6 Å². The maximum absolute atomic E-state index is 14.1. The Labute approximate surface area is 258 Å². The van der Waals surface area contributed by atoms with Gasteiger partial charge >= 0.3 is 11.7 Å². The molecule has 2 aromatic carbocycles. The number of aromatic nitrogens is 3. The fraction of sp³-hybridized carbons (Fsp3) is 0.161. The van der Waals surface area contributed by atoms with Gasteiger partial charge < -0.3 is 9.47 Å². The lowest BCUT2D eigenvalue weighted by Crippen LogP contribution is -2.39. The molecule has 4 heterocycles. The van der Waals surface area contributed by atoms with Crippen molar-refractivity contribution in [1.82, 2.24) is 14.3 Å². The molecule has 1 aliphatic rings. The highest BCUT2D eigenvalue weighted by Crippen LogP contribution is 2.35. The number of carbonyl (C=O) groups is 1. The highest BCUT2D eigenvalue weighted by Gasteiger charge is 2.33. The number of rotatable bonds is 8. The van der Waals surface area contributed by atoms with Gasteiger partial charge in [-0.15, -0.1) is 11.3 Å². The lowest BCUT2D eigenvalue weighted by Gasteiger charge is -2.22. The number of nitro groups is 1. The largest absolute Gasteiger partial charge is 0.487 e. The minimum atomic E-state index is -0.693. The number of carbonyl (C=O) groups excluding carboxylic acids is 1. The van der Waals surface area contributed by atoms with E-state index < -0.39 is 16.9 Å². The fourth-order valence-electron chi connectivity index (χ4n) is 5.07. The van der Waals surface area contributed by atoms with Crippen LogP contribution in [0.25, 0.3) is 23.0 Å². The second-order valence-electron chi connectivity index (χ2n) is 9.67. The number of methoxy groups -OCH3 is 1. The number of esters is 1. The Morgan fingerprint density at radius 1 is 1.16 bits per heavy atom. The van der Waals surface area contributed by atoms with Gasteiger partial charge in [-0.3, -0.25) is 19.5 Å². The molecule has 0 bridgehead atoms. The molecule has 3 aromatic heterocycles. The topological polar surface area (TPSA) is 131 Å². The van der Waals surface area contributed by atoms with E-state index in [0.717, 1.165) is 10.6 Å². The van der Waals surface area contributed by atoms with E-state index in [1.807, 2.05) is 47.8 Å². The Hall–Kier alpha value is -5.14. The van der Waals surface area contributed by atoms with Crippen LogP contribution < -0.4 is 19.6 Å². The van der Waals surface area contributed by atoms with Crippen molar-refractivity contribution in [3.05, 3.63) is 124 Å². The summed E-state index contributed by atoms with van der Waals surface area (Å²) in [6.45, 7) is 3.76. The van der Waals surface area contributed by atoms with E-state index in [-0.39, 0.29) is 23.6 Å². The zero-order valence-corrected chi connectivity index (χ0v) is 25.4. The van der Waals surface area contributed by atoms with Crippen LogP contribution in [-0.2, 0) is 9.53 Å². The van der Waals surface area contributed by atoms with Gasteiger partial charge in [-0.2, -0.15) is 5.10 Å². The van der Waals surface area contributed by atoms with Gasteiger partial charge in [0.1, 0.15) is 11.7 Å². The normalized spacial score (nSPS) is 14.7. The van der Waals surface area contributed by atoms with Crippen molar-refractivity contribution < 1.29 is 19.2 Å². The SMILES string of the molecule is CCOc1ccc(-c2nn(-c3ccccc3)cc2/C=c2/sc3n(c2=O)C(c2cccs2)C(C(=O)OC)=C(C)N=3)cc1[N+](=O)[O-]. The Bertz CT molecular complexity index is 2110. The molecule has 0 saturated carbocycles. The zero-order valence-electron chi connectivity index (χ0n) is 23.8. The molecule has 1 unspecified atom stereocenters. The molecule has 0 radical (unpaired) electrons. The molecule has 1 aliphatic heterocycles. The van der Waals surface area contributed by atoms with Crippen LogP contribution in [0.2, 0.25) is 0 Å². The summed E-state index contributed by atoms with van der Waals surface area (Å²) >= 11 is 2.62. The maximum atomic E-state index is 14.1. The van der Waals surface area contributed by atoms with Crippen LogP contribution in [0, 0.1) is 10.1 Å². The van der Waals surface area contributed by atoms with Gasteiger partial charge in [0.25, 0.3) is 5.56 Å². The molecule has 222 valence electrons. The van der Waals surface area contributed by atoms with Gasteiger partial charge in [0.05, 0.1) is 40.1 Å². The smallest absolute Gasteiger partial charge is 0.338 e. The summed E-state index contributed by atoms with van der Waals surface area (Å²) < 4.78 is 14.1. The average molecular weight is 628 g/mol. The van der Waals surface area contributed by atoms with Gasteiger partial charge in [-0.25, -0.2) is 14.5 Å². The molecular formula is C31H25N5O6S2. The number of nitrogens with zero attached hydrogens (tertiary/aromatic N) is 5. The Morgan fingerprint density at radius 2 is 1.95 bits per heavy atom. The molecule has 5 aromatic rings. The van der Waals surface area contributed by atoms with Crippen molar-refractivity contribution in [1.29, 1.82) is 0 Å². The third-order valence-electron chi connectivity index (χ3n) is 7.02. The van der Waals surface area contributed by atoms with E-state index in [1.165, 1.54) is 40.4 Å². The lowest BCUT2D eigenvalue weighted by molar-refractivity contribution is -0.385. The molecule has 11 nitrogen and oxygen atoms in total. The molecule has 0 fully saturated rings. The maximum Gasteiger partial charge on any atom is 0.338 e. The van der Waals surface area contributed by atoms with Crippen LogP contribution in [0.5, 0.6) is 5.75 Å². The number of thiazole rings is 1. The Balaban J connectivity index is 1.57. The summed E-state index contributed by atoms with van der Waals surface area (Å²) in [5, 5.41) is 18.6. The molecule has 0 N–H and O–H groups in total. The Morgan fingerprint density at radius 3 is 2.64 bits per heavy atom. The van der Waals surface area contributed by atoms with E-state index >= 15 is 0 Å². The number of benzene rings is 2. The average Bonchev–Trinajstić information content (AvgIpc) is 3.77. The first-order chi connectivity index (χ1) is 21.3. The molecule has 0 amide bonds. The monoisotopic (exact) mass is 627 g/mol. The van der Waals surface area contributed by atoms with Gasteiger partial charge in [0, 0.05) is 28.3 Å². The quantitative estimate of drug-likeness (QED) is 0.139. The lowest BCUT2D eigenvalue weighted by atomic mass is 10.0. The van der Waals surface area contributed by atoms with E-state index in [4.69, 9.17) is 14.6 Å². The minimum Gasteiger partial charge on any atom is -0.487 e. The minimum absolute atomic E-state index is 0.156. The number of ether oxygens (including phenoxy) is 2. The van der Waals surface area contributed by atoms with Gasteiger partial charge in [-0.1, -0.05) is 35.6 Å². The van der Waals surface area contributed by atoms with Crippen LogP contribution >= 0.6 is 22.7 Å². The summed E-state index contributed by atoms with van der Waals surface area (Å²) in [6.07, 6.45) is 3.48. The Kier molecular flexibility index (Phi) is 7.80. The van der Waals surface area contributed by atoms with E-state index in [9.17, 15) is 19.7 Å². The van der Waals surface area contributed by atoms with Crippen LogP contribution in [0.4, 0.5) is 5.69 Å². The van der Waals surface area contributed by atoms with Crippen molar-refractivity contribution in [2.75, 3.05) is 13.7 Å². The summed E-state index contributed by atoms with van der Waals surface area (Å²) in [5.74, 6) is -0.397. The number of thiophene rings is 1. The molecule has 13 heteroatoms. The fourth-order valence-corrected chi connectivity index (χ4v) is 6.93. The summed E-state index contributed by atoms with van der Waals surface area (Å²) in [5.41, 5.74) is 2.50. The molecule has 6 rings (SSSR count). The number of para-hydroxylation sites is 1. The summed E-state index contributed by atoms with van der Waals surface area (Å²) in [4.78, 5) is 44.2. The molecule has 44 heavy (non-hydrogen) atoms. The van der Waals surface area contributed by atoms with E-state index in [1.54, 1.807) is 42.9 Å². The van der Waals surface area contributed by atoms with Crippen molar-refractivity contribution >= 4 is 40.4 Å². The first kappa shape index (κ1) is 29.0. The highest BCUT2D eigenvalue weighted by molar-refractivity contribution is 7.10. The first-order valence-electron chi connectivity index (χ1n) is 13.5. The third-order valence-corrected chi connectivity index (χ3v) is 8.93. The van der Waals surface area contributed by atoms with Crippen LogP contribution in [-0.4, -0.2) is 39.0 Å². The second-order valence-corrected chi connectivity index (χ2v) is 11.7.